The van der Waals surface area contributed by atoms with E-state index in [4.69, 9.17) is 4.98 Å². The Bertz CT molecular complexity index is 1020. The fourth-order valence-corrected chi connectivity index (χ4v) is 2.91. The lowest BCUT2D eigenvalue weighted by Gasteiger charge is -2.12. The number of rotatable bonds is 2. The zero-order valence-corrected chi connectivity index (χ0v) is 13.2. The van der Waals surface area contributed by atoms with Crippen LogP contribution in [-0.2, 0) is 0 Å². The fourth-order valence-electron chi connectivity index (χ4n) is 2.91. The lowest BCUT2D eigenvalue weighted by Crippen LogP contribution is -1.97. The molecule has 0 saturated heterocycles. The topological polar surface area (TPSA) is 37.8 Å². The molecule has 4 rings (SSSR count). The molecule has 0 amide bonds. The molecule has 0 radical (unpaired) electrons. The van der Waals surface area contributed by atoms with Crippen molar-refractivity contribution in [3.63, 3.8) is 0 Å². The van der Waals surface area contributed by atoms with E-state index in [1.54, 1.807) is 0 Å². The van der Waals surface area contributed by atoms with Crippen LogP contribution in [0.3, 0.4) is 0 Å². The van der Waals surface area contributed by atoms with Crippen LogP contribution >= 0.6 is 0 Å². The molecule has 2 heterocycles. The minimum Gasteiger partial charge on any atom is -0.340 e. The molecule has 0 saturated carbocycles. The molecule has 0 fully saturated rings. The van der Waals surface area contributed by atoms with Crippen molar-refractivity contribution in [2.75, 3.05) is 5.32 Å². The van der Waals surface area contributed by atoms with Gasteiger partial charge in [0.15, 0.2) is 0 Å². The third kappa shape index (κ3) is 2.50. The molecule has 0 aliphatic carbocycles. The van der Waals surface area contributed by atoms with Crippen LogP contribution in [0, 0.1) is 13.8 Å². The van der Waals surface area contributed by atoms with Gasteiger partial charge in [0.05, 0.1) is 5.52 Å². The largest absolute Gasteiger partial charge is 0.340 e. The molecule has 2 aromatic carbocycles. The minimum absolute atomic E-state index is 0.867. The summed E-state index contributed by atoms with van der Waals surface area (Å²) in [6.07, 6.45) is 3.72. The smallest absolute Gasteiger partial charge is 0.139 e. The van der Waals surface area contributed by atoms with Crippen LogP contribution in [0.4, 0.5) is 11.5 Å². The van der Waals surface area contributed by atoms with Gasteiger partial charge in [-0.1, -0.05) is 24.3 Å². The summed E-state index contributed by atoms with van der Waals surface area (Å²) in [5.41, 5.74) is 4.45. The van der Waals surface area contributed by atoms with E-state index in [9.17, 15) is 0 Å². The van der Waals surface area contributed by atoms with Crippen LogP contribution in [0.1, 0.15) is 11.1 Å². The number of hydrogen-bond acceptors (Lipinski definition) is 3. The van der Waals surface area contributed by atoms with Gasteiger partial charge < -0.3 is 5.32 Å². The van der Waals surface area contributed by atoms with E-state index in [1.807, 2.05) is 24.5 Å². The molecule has 2 aromatic heterocycles. The van der Waals surface area contributed by atoms with Crippen molar-refractivity contribution in [3.05, 3.63) is 72.1 Å². The molecule has 3 heteroatoms. The van der Waals surface area contributed by atoms with Crippen LogP contribution in [-0.4, -0.2) is 9.97 Å². The molecule has 3 nitrogen and oxygen atoms in total. The molecular formula is C20H17N3. The van der Waals surface area contributed by atoms with Gasteiger partial charge in [0.1, 0.15) is 5.82 Å². The highest BCUT2D eigenvalue weighted by molar-refractivity contribution is 6.10. The Hall–Kier alpha value is -2.94. The number of aromatic nitrogens is 2. The molecule has 1 N–H and O–H groups in total. The summed E-state index contributed by atoms with van der Waals surface area (Å²) in [6.45, 7) is 4.17. The number of hydrogen-bond donors (Lipinski definition) is 1. The lowest BCUT2D eigenvalue weighted by molar-refractivity contribution is 1.34. The zero-order valence-electron chi connectivity index (χ0n) is 13.2. The van der Waals surface area contributed by atoms with E-state index in [0.717, 1.165) is 33.2 Å². The van der Waals surface area contributed by atoms with E-state index in [0.29, 0.717) is 0 Å². The first kappa shape index (κ1) is 13.7. The number of anilines is 2. The first-order valence-corrected chi connectivity index (χ1v) is 7.68. The second kappa shape index (κ2) is 5.36. The average Bonchev–Trinajstić information content (AvgIpc) is 2.55. The van der Waals surface area contributed by atoms with Crippen molar-refractivity contribution in [2.24, 2.45) is 0 Å². The van der Waals surface area contributed by atoms with Gasteiger partial charge in [-0.2, -0.15) is 0 Å². The number of nitrogens with zero attached hydrogens (tertiary/aromatic N) is 2. The van der Waals surface area contributed by atoms with Crippen LogP contribution in [0.2, 0.25) is 0 Å². The summed E-state index contributed by atoms with van der Waals surface area (Å²) in [4.78, 5) is 9.14. The lowest BCUT2D eigenvalue weighted by atomic mass is 10.1. The van der Waals surface area contributed by atoms with E-state index in [1.165, 1.54) is 11.1 Å². The van der Waals surface area contributed by atoms with Gasteiger partial charge in [-0.05, 0) is 49.2 Å². The van der Waals surface area contributed by atoms with Crippen molar-refractivity contribution < 1.29 is 0 Å². The van der Waals surface area contributed by atoms with Gasteiger partial charge in [-0.15, -0.1) is 0 Å². The maximum absolute atomic E-state index is 4.85. The third-order valence-electron chi connectivity index (χ3n) is 4.03. The van der Waals surface area contributed by atoms with Crippen molar-refractivity contribution in [1.29, 1.82) is 0 Å². The highest BCUT2D eigenvalue weighted by atomic mass is 15.0. The average molecular weight is 299 g/mol. The van der Waals surface area contributed by atoms with Crippen molar-refractivity contribution in [3.8, 4) is 0 Å². The Morgan fingerprint density at radius 3 is 2.57 bits per heavy atom. The Kier molecular flexibility index (Phi) is 3.19. The molecule has 23 heavy (non-hydrogen) atoms. The highest BCUT2D eigenvalue weighted by Crippen LogP contribution is 2.30. The number of pyridine rings is 2. The second-order valence-corrected chi connectivity index (χ2v) is 5.90. The van der Waals surface area contributed by atoms with E-state index in [-0.39, 0.29) is 0 Å². The summed E-state index contributed by atoms with van der Waals surface area (Å²) in [7, 11) is 0. The molecule has 0 aliphatic rings. The SMILES string of the molecule is Cc1cccc(Nc2nc3cc(C)ccc3c3cnccc23)c1. The van der Waals surface area contributed by atoms with Crippen molar-refractivity contribution in [2.45, 2.75) is 13.8 Å². The number of benzene rings is 2. The van der Waals surface area contributed by atoms with Crippen LogP contribution in [0.5, 0.6) is 0 Å². The summed E-state index contributed by atoms with van der Waals surface area (Å²) in [5, 5.41) is 6.79. The van der Waals surface area contributed by atoms with Gasteiger partial charge in [0, 0.05) is 34.2 Å². The third-order valence-corrected chi connectivity index (χ3v) is 4.03. The highest BCUT2D eigenvalue weighted by Gasteiger charge is 2.09. The molecule has 0 spiro atoms. The molecule has 0 aliphatic heterocycles. The maximum Gasteiger partial charge on any atom is 0.139 e. The van der Waals surface area contributed by atoms with Gasteiger partial charge in [0.2, 0.25) is 0 Å². The minimum atomic E-state index is 0.867. The van der Waals surface area contributed by atoms with E-state index in [2.05, 4.69) is 60.5 Å². The van der Waals surface area contributed by atoms with Gasteiger partial charge in [-0.25, -0.2) is 4.98 Å². The van der Waals surface area contributed by atoms with Gasteiger partial charge in [-0.3, -0.25) is 4.98 Å². The van der Waals surface area contributed by atoms with Crippen molar-refractivity contribution in [1.82, 2.24) is 9.97 Å². The molecule has 4 aromatic rings. The monoisotopic (exact) mass is 299 g/mol. The van der Waals surface area contributed by atoms with Crippen LogP contribution in [0.15, 0.2) is 60.9 Å². The molecule has 0 unspecified atom stereocenters. The van der Waals surface area contributed by atoms with Crippen LogP contribution < -0.4 is 5.32 Å². The molecular weight excluding hydrogens is 282 g/mol. The van der Waals surface area contributed by atoms with Gasteiger partial charge >= 0.3 is 0 Å². The Morgan fingerprint density at radius 2 is 1.70 bits per heavy atom. The van der Waals surface area contributed by atoms with E-state index < -0.39 is 0 Å². The quantitative estimate of drug-likeness (QED) is 0.520. The molecule has 112 valence electrons. The van der Waals surface area contributed by atoms with E-state index >= 15 is 0 Å². The molecule has 0 bridgehead atoms. The van der Waals surface area contributed by atoms with Crippen LogP contribution in [0.25, 0.3) is 21.7 Å². The Morgan fingerprint density at radius 1 is 0.826 bits per heavy atom. The summed E-state index contributed by atoms with van der Waals surface area (Å²) in [6, 6.07) is 16.7. The summed E-state index contributed by atoms with van der Waals surface area (Å²) in [5.74, 6) is 0.867. The normalized spacial score (nSPS) is 11.0. The molecule has 0 atom stereocenters. The Labute approximate surface area is 135 Å². The van der Waals surface area contributed by atoms with Crippen molar-refractivity contribution >= 4 is 33.2 Å². The number of nitrogens with one attached hydrogen (secondary N) is 1. The Balaban J connectivity index is 1.96. The predicted octanol–water partition coefficient (Wildman–Crippen LogP) is 5.14. The first-order chi connectivity index (χ1) is 11.2. The summed E-state index contributed by atoms with van der Waals surface area (Å²) < 4.78 is 0. The standard InChI is InChI=1S/C20H17N3/c1-13-4-3-5-15(10-13)22-20-17-8-9-21-12-18(17)16-7-6-14(2)11-19(16)23-20/h3-12H,1-2H3,(H,22,23). The zero-order chi connectivity index (χ0) is 15.8. The second-order valence-electron chi connectivity index (χ2n) is 5.90. The number of aryl methyl sites for hydroxylation is 2. The number of fused-ring (bicyclic) bond motifs is 3. The van der Waals surface area contributed by atoms with Gasteiger partial charge in [0.25, 0.3) is 0 Å². The summed E-state index contributed by atoms with van der Waals surface area (Å²) >= 11 is 0. The fraction of sp³-hybridized carbons (Fsp3) is 0.100. The first-order valence-electron chi connectivity index (χ1n) is 7.68. The predicted molar refractivity (Wildman–Crippen MR) is 96.2 cm³/mol. The maximum atomic E-state index is 4.85.